The summed E-state index contributed by atoms with van der Waals surface area (Å²) in [4.78, 5) is 21.2. The molecule has 1 atom stereocenters. The monoisotopic (exact) mass is 553 g/mol. The number of fused-ring (bicyclic) bond motifs is 4. The van der Waals surface area contributed by atoms with E-state index in [1.54, 1.807) is 11.0 Å². The van der Waals surface area contributed by atoms with E-state index in [0.29, 0.717) is 24.6 Å². The van der Waals surface area contributed by atoms with Gasteiger partial charge in [0.25, 0.3) is 5.91 Å². The fraction of sp³-hybridized carbons (Fsp3) is 0.242. The number of aromatic amines is 1. The van der Waals surface area contributed by atoms with E-state index in [0.717, 1.165) is 62.0 Å². The highest BCUT2D eigenvalue weighted by atomic mass is 35.5. The van der Waals surface area contributed by atoms with Crippen molar-refractivity contribution in [1.29, 1.82) is 0 Å². The number of carbonyl (C=O) groups excluding carboxylic acids is 1. The second kappa shape index (κ2) is 10.5. The highest BCUT2D eigenvalue weighted by Crippen LogP contribution is 2.46. The Bertz CT molecular complexity index is 1730. The van der Waals surface area contributed by atoms with E-state index >= 15 is 0 Å². The molecule has 1 aliphatic heterocycles. The highest BCUT2D eigenvalue weighted by molar-refractivity contribution is 6.19. The number of nitrogens with one attached hydrogen (secondary N) is 1. The lowest BCUT2D eigenvalue weighted by atomic mass is 9.92. The van der Waals surface area contributed by atoms with Crippen molar-refractivity contribution in [3.05, 3.63) is 89.5 Å². The van der Waals surface area contributed by atoms with E-state index in [2.05, 4.69) is 16.0 Å². The first-order chi connectivity index (χ1) is 19.3. The number of H-pyrrole nitrogens is 1. The second-order valence-corrected chi connectivity index (χ2v) is 11.1. The van der Waals surface area contributed by atoms with Gasteiger partial charge in [0.1, 0.15) is 18.1 Å². The maximum absolute atomic E-state index is 13.9. The minimum atomic E-state index is -0.106. The van der Waals surface area contributed by atoms with E-state index in [1.165, 1.54) is 0 Å². The number of phenols is 1. The first-order valence-electron chi connectivity index (χ1n) is 13.5. The van der Waals surface area contributed by atoms with Crippen molar-refractivity contribution in [2.24, 2.45) is 0 Å². The van der Waals surface area contributed by atoms with Crippen molar-refractivity contribution in [1.82, 2.24) is 9.88 Å². The molecule has 0 saturated carbocycles. The lowest BCUT2D eigenvalue weighted by molar-refractivity contribution is 0.0988. The minimum Gasteiger partial charge on any atom is -0.507 e. The molecule has 2 heterocycles. The van der Waals surface area contributed by atoms with E-state index in [4.69, 9.17) is 16.3 Å². The van der Waals surface area contributed by atoms with Gasteiger partial charge in [-0.3, -0.25) is 4.79 Å². The van der Waals surface area contributed by atoms with Crippen LogP contribution in [0.15, 0.2) is 72.8 Å². The molecule has 0 bridgehead atoms. The summed E-state index contributed by atoms with van der Waals surface area (Å²) in [5.74, 6) is 1.28. The van der Waals surface area contributed by atoms with Crippen LogP contribution in [0.4, 0.5) is 5.69 Å². The SMILES string of the molecule is Cc1cccc2c(O)cc3c(c12)[C@H](CCl)CN3C(=O)c1ccc2[nH]c(-c3ccc(OCCN(C)C)cc3)cc2c1. The van der Waals surface area contributed by atoms with E-state index < -0.39 is 0 Å². The van der Waals surface area contributed by atoms with E-state index in [9.17, 15) is 9.90 Å². The minimum absolute atomic E-state index is 0.0118. The van der Waals surface area contributed by atoms with Crippen LogP contribution in [0.3, 0.4) is 0 Å². The number of hydrogen-bond donors (Lipinski definition) is 2. The van der Waals surface area contributed by atoms with Crippen molar-refractivity contribution < 1.29 is 14.6 Å². The fourth-order valence-corrected chi connectivity index (χ4v) is 5.92. The summed E-state index contributed by atoms with van der Waals surface area (Å²) < 4.78 is 5.82. The van der Waals surface area contributed by atoms with Crippen LogP contribution in [0, 0.1) is 6.92 Å². The van der Waals surface area contributed by atoms with Crippen LogP contribution >= 0.6 is 11.6 Å². The predicted octanol–water partition coefficient (Wildman–Crippen LogP) is 6.93. The van der Waals surface area contributed by atoms with Gasteiger partial charge in [0.05, 0.1) is 5.69 Å². The van der Waals surface area contributed by atoms with Crippen LogP contribution in [-0.2, 0) is 0 Å². The zero-order chi connectivity index (χ0) is 28.0. The van der Waals surface area contributed by atoms with Gasteiger partial charge in [-0.25, -0.2) is 0 Å². The van der Waals surface area contributed by atoms with Crippen LogP contribution in [0.1, 0.15) is 27.4 Å². The standard InChI is InChI=1S/C33H32ClN3O3/c1-20-5-4-6-26-30(38)17-29-32(31(20)26)24(18-34)19-37(29)33(39)22-9-12-27-23(15-22)16-28(35-27)21-7-10-25(11-8-21)40-14-13-36(2)3/h4-12,15-17,24,35,38H,13-14,18-19H2,1-3H3/t24-/m1/s1. The molecule has 6 rings (SSSR count). The van der Waals surface area contributed by atoms with Crippen molar-refractivity contribution in [2.45, 2.75) is 12.8 Å². The summed E-state index contributed by atoms with van der Waals surface area (Å²) in [6.45, 7) is 4.00. The molecular formula is C33H32ClN3O3. The Balaban J connectivity index is 1.29. The Hall–Kier alpha value is -4.00. The van der Waals surface area contributed by atoms with Crippen molar-refractivity contribution in [3.63, 3.8) is 0 Å². The highest BCUT2D eigenvalue weighted by Gasteiger charge is 2.35. The molecule has 6 nitrogen and oxygen atoms in total. The second-order valence-electron chi connectivity index (χ2n) is 10.8. The van der Waals surface area contributed by atoms with Gasteiger partial charge in [0, 0.05) is 58.5 Å². The van der Waals surface area contributed by atoms with Gasteiger partial charge < -0.3 is 24.6 Å². The summed E-state index contributed by atoms with van der Waals surface area (Å²) in [6.07, 6.45) is 0. The third-order valence-electron chi connectivity index (χ3n) is 7.74. The number of likely N-dealkylation sites (N-methyl/N-ethyl adjacent to an activating group) is 1. The number of hydrogen-bond acceptors (Lipinski definition) is 4. The number of rotatable bonds is 7. The molecule has 1 aliphatic rings. The summed E-state index contributed by atoms with van der Waals surface area (Å²) in [7, 11) is 4.05. The average molecular weight is 554 g/mol. The van der Waals surface area contributed by atoms with Crippen molar-refractivity contribution in [2.75, 3.05) is 44.6 Å². The fourth-order valence-electron chi connectivity index (χ4n) is 5.67. The molecular weight excluding hydrogens is 522 g/mol. The number of anilines is 1. The number of alkyl halides is 1. The molecule has 0 unspecified atom stereocenters. The van der Waals surface area contributed by atoms with Crippen LogP contribution in [0.25, 0.3) is 32.9 Å². The van der Waals surface area contributed by atoms with Crippen LogP contribution in [-0.4, -0.2) is 60.6 Å². The summed E-state index contributed by atoms with van der Waals surface area (Å²) in [5.41, 5.74) is 6.39. The average Bonchev–Trinajstić information content (AvgIpc) is 3.54. The maximum atomic E-state index is 13.9. The Labute approximate surface area is 238 Å². The zero-order valence-corrected chi connectivity index (χ0v) is 23.6. The Morgan fingerprint density at radius 3 is 2.65 bits per heavy atom. The summed E-state index contributed by atoms with van der Waals surface area (Å²) in [6, 6.07) is 23.4. The molecule has 4 aromatic carbocycles. The summed E-state index contributed by atoms with van der Waals surface area (Å²) in [5, 5.41) is 13.6. The molecule has 40 heavy (non-hydrogen) atoms. The molecule has 1 amide bonds. The third kappa shape index (κ3) is 4.67. The third-order valence-corrected chi connectivity index (χ3v) is 8.11. The van der Waals surface area contributed by atoms with Crippen molar-refractivity contribution in [3.8, 4) is 22.8 Å². The number of aromatic hydroxyl groups is 1. The Morgan fingerprint density at radius 2 is 1.90 bits per heavy atom. The summed E-state index contributed by atoms with van der Waals surface area (Å²) >= 11 is 6.42. The van der Waals surface area contributed by atoms with Crippen LogP contribution in [0.5, 0.6) is 11.5 Å². The van der Waals surface area contributed by atoms with E-state index in [-0.39, 0.29) is 17.6 Å². The largest absolute Gasteiger partial charge is 0.507 e. The Kier molecular flexibility index (Phi) is 6.90. The van der Waals surface area contributed by atoms with Crippen LogP contribution < -0.4 is 9.64 Å². The smallest absolute Gasteiger partial charge is 0.258 e. The number of nitrogens with zero attached hydrogens (tertiary/aromatic N) is 2. The molecule has 7 heteroatoms. The van der Waals surface area contributed by atoms with Gasteiger partial charge >= 0.3 is 0 Å². The van der Waals surface area contributed by atoms with E-state index in [1.807, 2.05) is 81.7 Å². The van der Waals surface area contributed by atoms with Gasteiger partial charge in [-0.1, -0.05) is 18.2 Å². The number of ether oxygens (including phenoxy) is 1. The lowest BCUT2D eigenvalue weighted by Crippen LogP contribution is -2.30. The topological polar surface area (TPSA) is 68.8 Å². The molecule has 0 fully saturated rings. The molecule has 2 N–H and O–H groups in total. The normalized spacial score (nSPS) is 14.8. The quantitative estimate of drug-likeness (QED) is 0.215. The van der Waals surface area contributed by atoms with Gasteiger partial charge in [-0.2, -0.15) is 0 Å². The van der Waals surface area contributed by atoms with Gasteiger partial charge in [0.2, 0.25) is 0 Å². The molecule has 0 radical (unpaired) electrons. The molecule has 0 spiro atoms. The first kappa shape index (κ1) is 26.2. The zero-order valence-electron chi connectivity index (χ0n) is 22.9. The maximum Gasteiger partial charge on any atom is 0.258 e. The van der Waals surface area contributed by atoms with Gasteiger partial charge in [-0.05, 0) is 91.6 Å². The molecule has 5 aromatic rings. The molecule has 204 valence electrons. The van der Waals surface area contributed by atoms with Crippen molar-refractivity contribution >= 4 is 44.9 Å². The van der Waals surface area contributed by atoms with Crippen LogP contribution in [0.2, 0.25) is 0 Å². The molecule has 0 saturated heterocycles. The number of phenolic OH excluding ortho intramolecular Hbond substituents is 1. The Morgan fingerprint density at radius 1 is 1.10 bits per heavy atom. The number of aryl methyl sites for hydroxylation is 1. The van der Waals surface area contributed by atoms with Gasteiger partial charge in [0.15, 0.2) is 0 Å². The molecule has 0 aliphatic carbocycles. The lowest BCUT2D eigenvalue weighted by Gasteiger charge is -2.19. The molecule has 1 aromatic heterocycles. The van der Waals surface area contributed by atoms with Gasteiger partial charge in [-0.15, -0.1) is 11.6 Å². The number of benzene rings is 4. The first-order valence-corrected chi connectivity index (χ1v) is 14.0. The number of amides is 1. The number of halogens is 1. The number of aromatic nitrogens is 1. The predicted molar refractivity (Wildman–Crippen MR) is 163 cm³/mol. The number of carbonyl (C=O) groups is 1.